The van der Waals surface area contributed by atoms with Crippen LogP contribution < -0.4 is 5.32 Å². The molecular formula is C15H22N2O2S. The summed E-state index contributed by atoms with van der Waals surface area (Å²) >= 11 is 0. The quantitative estimate of drug-likeness (QED) is 0.915. The molecule has 1 saturated heterocycles. The van der Waals surface area contributed by atoms with E-state index in [1.165, 1.54) is 11.1 Å². The fourth-order valence-corrected chi connectivity index (χ4v) is 3.67. The van der Waals surface area contributed by atoms with Crippen molar-refractivity contribution in [1.82, 2.24) is 10.2 Å². The predicted octanol–water partition coefficient (Wildman–Crippen LogP) is 1.50. The van der Waals surface area contributed by atoms with Gasteiger partial charge < -0.3 is 4.90 Å². The maximum absolute atomic E-state index is 12.1. The zero-order valence-corrected chi connectivity index (χ0v) is 13.3. The Hall–Kier alpha value is -1.20. The highest BCUT2D eigenvalue weighted by atomic mass is 32.2. The number of nitrogens with one attached hydrogen (secondary N) is 1. The lowest BCUT2D eigenvalue weighted by Crippen LogP contribution is -2.41. The van der Waals surface area contributed by atoms with Gasteiger partial charge in [0.25, 0.3) is 0 Å². The molecule has 4 nitrogen and oxygen atoms in total. The van der Waals surface area contributed by atoms with Crippen LogP contribution in [0.15, 0.2) is 18.2 Å². The molecule has 3 atom stereocenters. The number of rotatable bonds is 4. The smallest absolute Gasteiger partial charge is 0.238 e. The largest absolute Gasteiger partial charge is 0.318 e. The van der Waals surface area contributed by atoms with Crippen LogP contribution in [0, 0.1) is 13.8 Å². The van der Waals surface area contributed by atoms with E-state index in [2.05, 4.69) is 37.4 Å². The van der Waals surface area contributed by atoms with Gasteiger partial charge in [-0.05, 0) is 31.9 Å². The van der Waals surface area contributed by atoms with Crippen molar-refractivity contribution in [3.8, 4) is 0 Å². The third-order valence-corrected chi connectivity index (χ3v) is 4.64. The van der Waals surface area contributed by atoms with Gasteiger partial charge in [0.2, 0.25) is 5.91 Å². The lowest BCUT2D eigenvalue weighted by Gasteiger charge is -2.31. The van der Waals surface area contributed by atoms with Gasteiger partial charge in [-0.2, -0.15) is 0 Å². The Kier molecular flexibility index (Phi) is 4.60. The zero-order chi connectivity index (χ0) is 14.9. The van der Waals surface area contributed by atoms with Crippen molar-refractivity contribution < 1.29 is 9.00 Å². The lowest BCUT2D eigenvalue weighted by atomic mass is 10.0. The average molecular weight is 294 g/mol. The Balaban J connectivity index is 2.29. The topological polar surface area (TPSA) is 49.4 Å². The van der Waals surface area contributed by atoms with E-state index < -0.39 is 10.8 Å². The van der Waals surface area contributed by atoms with Gasteiger partial charge in [0.1, 0.15) is 6.17 Å². The Morgan fingerprint density at radius 1 is 1.45 bits per heavy atom. The van der Waals surface area contributed by atoms with Crippen molar-refractivity contribution in [2.24, 2.45) is 0 Å². The first-order chi connectivity index (χ1) is 9.40. The van der Waals surface area contributed by atoms with E-state index in [-0.39, 0.29) is 18.1 Å². The number of carbonyl (C=O) groups is 1. The minimum Gasteiger partial charge on any atom is -0.318 e. The number of hydrogen-bond donors (Lipinski definition) is 1. The van der Waals surface area contributed by atoms with Gasteiger partial charge in [0.15, 0.2) is 0 Å². The molecule has 0 bridgehead atoms. The summed E-state index contributed by atoms with van der Waals surface area (Å²) in [6.45, 7) is 6.43. The molecule has 1 N–H and O–H groups in total. The average Bonchev–Trinajstić information content (AvgIpc) is 2.70. The molecule has 0 aliphatic carbocycles. The number of amides is 1. The van der Waals surface area contributed by atoms with Crippen molar-refractivity contribution in [2.75, 3.05) is 18.6 Å². The molecule has 1 aromatic carbocycles. The van der Waals surface area contributed by atoms with E-state index in [0.717, 1.165) is 5.56 Å². The molecular weight excluding hydrogens is 272 g/mol. The zero-order valence-electron chi connectivity index (χ0n) is 12.5. The highest BCUT2D eigenvalue weighted by Gasteiger charge is 2.35. The normalized spacial score (nSPS) is 22.1. The molecule has 5 heteroatoms. The van der Waals surface area contributed by atoms with Crippen LogP contribution in [-0.4, -0.2) is 39.6 Å². The summed E-state index contributed by atoms with van der Waals surface area (Å²) in [6.07, 6.45) is 1.57. The fourth-order valence-electron chi connectivity index (χ4n) is 2.83. The maximum Gasteiger partial charge on any atom is 0.238 e. The molecule has 3 unspecified atom stereocenters. The van der Waals surface area contributed by atoms with E-state index in [4.69, 9.17) is 0 Å². The highest BCUT2D eigenvalue weighted by Crippen LogP contribution is 2.27. The van der Waals surface area contributed by atoms with Crippen molar-refractivity contribution in [3.63, 3.8) is 0 Å². The molecule has 0 saturated carbocycles. The predicted molar refractivity (Wildman–Crippen MR) is 81.9 cm³/mol. The first-order valence-corrected chi connectivity index (χ1v) is 8.54. The summed E-state index contributed by atoms with van der Waals surface area (Å²) in [6, 6.07) is 6.23. The van der Waals surface area contributed by atoms with Crippen LogP contribution in [0.25, 0.3) is 0 Å². The number of benzene rings is 1. The van der Waals surface area contributed by atoms with Crippen molar-refractivity contribution >= 4 is 16.7 Å². The summed E-state index contributed by atoms with van der Waals surface area (Å²) in [4.78, 5) is 14.0. The summed E-state index contributed by atoms with van der Waals surface area (Å²) in [7, 11) is -0.909. The highest BCUT2D eigenvalue weighted by molar-refractivity contribution is 7.84. The van der Waals surface area contributed by atoms with E-state index in [0.29, 0.717) is 12.3 Å². The maximum atomic E-state index is 12.1. The molecule has 0 radical (unpaired) electrons. The number of carbonyl (C=O) groups excluding carboxylic acids is 1. The third kappa shape index (κ3) is 3.10. The number of nitrogens with zero attached hydrogens (tertiary/aromatic N) is 1. The van der Waals surface area contributed by atoms with Crippen LogP contribution in [0.4, 0.5) is 0 Å². The summed E-state index contributed by atoms with van der Waals surface area (Å²) < 4.78 is 11.4. The molecule has 1 fully saturated rings. The number of aryl methyl sites for hydroxylation is 2. The first-order valence-electron chi connectivity index (χ1n) is 6.82. The van der Waals surface area contributed by atoms with Crippen LogP contribution in [-0.2, 0) is 15.6 Å². The second-order valence-electron chi connectivity index (χ2n) is 5.53. The molecule has 1 amide bonds. The number of hydrogen-bond acceptors (Lipinski definition) is 3. The molecule has 110 valence electrons. The standard InChI is InChI=1S/C15H22N2O2S/c1-10-5-6-13(11(2)7-10)15-16-8-14(18)17(15)12(3)9-20(4)19/h5-7,12,15-16H,8-9H2,1-4H3. The van der Waals surface area contributed by atoms with Crippen LogP contribution >= 0.6 is 0 Å². The van der Waals surface area contributed by atoms with Crippen molar-refractivity contribution in [3.05, 3.63) is 34.9 Å². The van der Waals surface area contributed by atoms with E-state index >= 15 is 0 Å². The summed E-state index contributed by atoms with van der Waals surface area (Å²) in [5.41, 5.74) is 3.51. The van der Waals surface area contributed by atoms with Crippen molar-refractivity contribution in [1.29, 1.82) is 0 Å². The van der Waals surface area contributed by atoms with Gasteiger partial charge in [-0.15, -0.1) is 0 Å². The first kappa shape index (κ1) is 15.2. The van der Waals surface area contributed by atoms with Crippen LogP contribution in [0.1, 0.15) is 29.8 Å². The Labute approximate surface area is 123 Å². The molecule has 0 spiro atoms. The molecule has 0 aromatic heterocycles. The Morgan fingerprint density at radius 2 is 2.15 bits per heavy atom. The van der Waals surface area contributed by atoms with Gasteiger partial charge >= 0.3 is 0 Å². The van der Waals surface area contributed by atoms with Gasteiger partial charge in [-0.3, -0.25) is 14.3 Å². The van der Waals surface area contributed by atoms with E-state index in [1.54, 1.807) is 6.26 Å². The molecule has 1 heterocycles. The Morgan fingerprint density at radius 3 is 2.75 bits per heavy atom. The second-order valence-corrected chi connectivity index (χ2v) is 7.01. The van der Waals surface area contributed by atoms with E-state index in [9.17, 15) is 9.00 Å². The van der Waals surface area contributed by atoms with Crippen molar-refractivity contribution in [2.45, 2.75) is 33.0 Å². The summed E-state index contributed by atoms with van der Waals surface area (Å²) in [5, 5.41) is 3.26. The lowest BCUT2D eigenvalue weighted by molar-refractivity contribution is -0.129. The molecule has 20 heavy (non-hydrogen) atoms. The monoisotopic (exact) mass is 294 g/mol. The summed E-state index contributed by atoms with van der Waals surface area (Å²) in [5.74, 6) is 0.586. The second kappa shape index (κ2) is 6.06. The van der Waals surface area contributed by atoms with Crippen LogP contribution in [0.5, 0.6) is 0 Å². The van der Waals surface area contributed by atoms with E-state index in [1.807, 2.05) is 11.8 Å². The van der Waals surface area contributed by atoms with Crippen LogP contribution in [0.3, 0.4) is 0 Å². The Bertz CT molecular complexity index is 545. The van der Waals surface area contributed by atoms with Crippen LogP contribution in [0.2, 0.25) is 0 Å². The van der Waals surface area contributed by atoms with Gasteiger partial charge in [-0.25, -0.2) is 0 Å². The fraction of sp³-hybridized carbons (Fsp3) is 0.533. The molecule has 1 aromatic rings. The third-order valence-electron chi connectivity index (χ3n) is 3.68. The molecule has 1 aliphatic rings. The SMILES string of the molecule is Cc1ccc(C2NCC(=O)N2C(C)CS(C)=O)c(C)c1. The minimum atomic E-state index is -0.909. The van der Waals surface area contributed by atoms with Gasteiger partial charge in [0.05, 0.1) is 6.54 Å². The minimum absolute atomic E-state index is 0.0333. The molecule has 1 aliphatic heterocycles. The van der Waals surface area contributed by atoms with Gasteiger partial charge in [0, 0.05) is 28.9 Å². The van der Waals surface area contributed by atoms with Gasteiger partial charge in [-0.1, -0.05) is 23.8 Å². The molecule has 2 rings (SSSR count).